The van der Waals surface area contributed by atoms with Crippen LogP contribution in [0.2, 0.25) is 0 Å². The lowest BCUT2D eigenvalue weighted by Gasteiger charge is -2.31. The molecule has 1 aliphatic rings. The van der Waals surface area contributed by atoms with Gasteiger partial charge in [-0.2, -0.15) is 4.99 Å². The van der Waals surface area contributed by atoms with Crippen molar-refractivity contribution in [1.82, 2.24) is 0 Å². The fourth-order valence-corrected chi connectivity index (χ4v) is 4.84. The second-order valence-electron chi connectivity index (χ2n) is 10.1. The smallest absolute Gasteiger partial charge is 0.232 e. The number of carbonyl (C=O) groups is 1. The van der Waals surface area contributed by atoms with E-state index >= 15 is 0 Å². The van der Waals surface area contributed by atoms with Gasteiger partial charge in [-0.1, -0.05) is 122 Å². The molecule has 0 aromatic rings. The van der Waals surface area contributed by atoms with E-state index in [1.807, 2.05) is 6.08 Å². The van der Waals surface area contributed by atoms with Gasteiger partial charge < -0.3 is 15.6 Å². The molecule has 0 saturated heterocycles. The Morgan fingerprint density at radius 2 is 1.32 bits per heavy atom. The number of nitrogens with zero attached hydrogens (tertiary/aromatic N) is 2. The van der Waals surface area contributed by atoms with Crippen LogP contribution in [-0.2, 0) is 4.79 Å². The number of rotatable bonds is 24. The van der Waals surface area contributed by atoms with E-state index in [1.165, 1.54) is 116 Å². The number of aliphatic carboxylic acids is 1. The van der Waals surface area contributed by atoms with Gasteiger partial charge in [-0.15, -0.1) is 0 Å². The number of unbranched alkanes of at least 4 members (excludes halogenated alkanes) is 18. The lowest BCUT2D eigenvalue weighted by atomic mass is 10.0. The lowest BCUT2D eigenvalue weighted by molar-refractivity contribution is -0.778. The van der Waals surface area contributed by atoms with Crippen LogP contribution in [0.5, 0.6) is 0 Å². The number of hydrogen-bond acceptors (Lipinski definition) is 4. The number of carboxylic acids is 1. The predicted molar refractivity (Wildman–Crippen MR) is 143 cm³/mol. The summed E-state index contributed by atoms with van der Waals surface area (Å²) in [5.74, 6) is -0.332. The highest BCUT2D eigenvalue weighted by Crippen LogP contribution is 2.18. The van der Waals surface area contributed by atoms with Gasteiger partial charge in [0.05, 0.1) is 12.2 Å². The van der Waals surface area contributed by atoms with Gasteiger partial charge in [0, 0.05) is 12.6 Å². The SMILES string of the molecule is CCCCCCCCCCCCCCCCCCCC/C=C/C1=NC=C[N+]1(CCN)CC(=O)[O-]. The zero-order valence-corrected chi connectivity index (χ0v) is 22.2. The van der Waals surface area contributed by atoms with Crippen molar-refractivity contribution < 1.29 is 14.4 Å². The van der Waals surface area contributed by atoms with Gasteiger partial charge in [-0.25, -0.2) is 4.48 Å². The molecule has 0 aliphatic carbocycles. The first-order valence-electron chi connectivity index (χ1n) is 14.3. The number of carbonyl (C=O) groups excluding carboxylic acids is 1. The molecule has 1 rings (SSSR count). The Hall–Kier alpha value is -1.46. The van der Waals surface area contributed by atoms with Crippen LogP contribution in [0.4, 0.5) is 0 Å². The molecule has 0 fully saturated rings. The quantitative estimate of drug-likeness (QED) is 0.130. The maximum absolute atomic E-state index is 11.2. The fraction of sp³-hybridized carbons (Fsp3) is 0.793. The molecule has 1 unspecified atom stereocenters. The fourth-order valence-electron chi connectivity index (χ4n) is 4.84. The van der Waals surface area contributed by atoms with Crippen molar-refractivity contribution in [2.45, 2.75) is 129 Å². The van der Waals surface area contributed by atoms with E-state index in [0.717, 1.165) is 12.3 Å². The maximum Gasteiger partial charge on any atom is 0.232 e. The van der Waals surface area contributed by atoms with Gasteiger partial charge in [-0.05, 0) is 12.8 Å². The molecule has 0 saturated carbocycles. The average Bonchev–Trinajstić information content (AvgIpc) is 3.19. The van der Waals surface area contributed by atoms with Crippen molar-refractivity contribution in [2.75, 3.05) is 19.6 Å². The van der Waals surface area contributed by atoms with Gasteiger partial charge in [-0.3, -0.25) is 0 Å². The third-order valence-electron chi connectivity index (χ3n) is 6.95. The van der Waals surface area contributed by atoms with E-state index in [0.29, 0.717) is 13.1 Å². The molecule has 1 heterocycles. The van der Waals surface area contributed by atoms with E-state index in [2.05, 4.69) is 18.0 Å². The monoisotopic (exact) mass is 475 g/mol. The third kappa shape index (κ3) is 14.7. The van der Waals surface area contributed by atoms with Crippen LogP contribution >= 0.6 is 0 Å². The van der Waals surface area contributed by atoms with E-state index in [4.69, 9.17) is 5.73 Å². The number of allylic oxidation sites excluding steroid dienone is 1. The lowest BCUT2D eigenvalue weighted by Crippen LogP contribution is -2.54. The summed E-state index contributed by atoms with van der Waals surface area (Å²) in [7, 11) is 0. The predicted octanol–water partition coefficient (Wildman–Crippen LogP) is 6.38. The van der Waals surface area contributed by atoms with E-state index in [-0.39, 0.29) is 11.0 Å². The van der Waals surface area contributed by atoms with Crippen molar-refractivity contribution in [3.8, 4) is 0 Å². The summed E-state index contributed by atoms with van der Waals surface area (Å²) in [4.78, 5) is 15.5. The van der Waals surface area contributed by atoms with Gasteiger partial charge in [0.25, 0.3) is 0 Å². The molecule has 1 atom stereocenters. The highest BCUT2D eigenvalue weighted by Gasteiger charge is 2.33. The van der Waals surface area contributed by atoms with Gasteiger partial charge in [0.2, 0.25) is 5.84 Å². The van der Waals surface area contributed by atoms with Crippen LogP contribution < -0.4 is 10.8 Å². The Morgan fingerprint density at radius 3 is 1.76 bits per heavy atom. The molecule has 0 aromatic carbocycles. The standard InChI is InChI=1S/C29H53N3O2/c1-2-3-4-5-6-7-8-9-10-11-12-13-14-15-16-17-18-19-20-21-22-28-31-24-26-32(28,25-23-30)27-29(33)34/h21-22,24,26H,2-20,23,25,27,30H2,1H3/b22-21+. The topological polar surface area (TPSA) is 78.5 Å². The minimum Gasteiger partial charge on any atom is -0.544 e. The largest absolute Gasteiger partial charge is 0.544 e. The highest BCUT2D eigenvalue weighted by atomic mass is 16.4. The summed E-state index contributed by atoms with van der Waals surface area (Å²) in [5, 5.41) is 11.2. The first kappa shape index (κ1) is 30.6. The first-order valence-corrected chi connectivity index (χ1v) is 14.3. The van der Waals surface area contributed by atoms with E-state index in [9.17, 15) is 9.90 Å². The second-order valence-corrected chi connectivity index (χ2v) is 10.1. The third-order valence-corrected chi connectivity index (χ3v) is 6.95. The molecule has 0 radical (unpaired) electrons. The molecule has 2 N–H and O–H groups in total. The Balaban J connectivity index is 1.92. The summed E-state index contributed by atoms with van der Waals surface area (Å²) in [6.45, 7) is 3.10. The number of aliphatic imine (C=N–C) groups is 1. The van der Waals surface area contributed by atoms with Crippen molar-refractivity contribution in [3.05, 3.63) is 24.6 Å². The molecule has 0 amide bonds. The van der Waals surface area contributed by atoms with Crippen LogP contribution in [0.25, 0.3) is 0 Å². The Bertz CT molecular complexity index is 600. The van der Waals surface area contributed by atoms with Crippen LogP contribution in [0.3, 0.4) is 0 Å². The summed E-state index contributed by atoms with van der Waals surface area (Å²) < 4.78 is 0.161. The normalized spacial score (nSPS) is 17.6. The Kier molecular flexibility index (Phi) is 18.8. The number of amidine groups is 1. The molecule has 5 nitrogen and oxygen atoms in total. The molecule has 1 aliphatic heterocycles. The molecule has 0 bridgehead atoms. The molecule has 34 heavy (non-hydrogen) atoms. The Morgan fingerprint density at radius 1 is 0.853 bits per heavy atom. The maximum atomic E-state index is 11.2. The summed E-state index contributed by atoms with van der Waals surface area (Å²) >= 11 is 0. The van der Waals surface area contributed by atoms with E-state index < -0.39 is 5.97 Å². The zero-order valence-electron chi connectivity index (χ0n) is 22.2. The summed E-state index contributed by atoms with van der Waals surface area (Å²) in [5.41, 5.74) is 5.70. The van der Waals surface area contributed by atoms with Crippen LogP contribution in [-0.4, -0.2) is 35.9 Å². The highest BCUT2D eigenvalue weighted by molar-refractivity contribution is 5.90. The average molecular weight is 476 g/mol. The van der Waals surface area contributed by atoms with Crippen molar-refractivity contribution in [3.63, 3.8) is 0 Å². The second kappa shape index (κ2) is 20.9. The number of carboxylic acid groups (broad SMARTS) is 1. The number of hydrogen-bond donors (Lipinski definition) is 1. The first-order chi connectivity index (χ1) is 16.6. The molecule has 196 valence electrons. The van der Waals surface area contributed by atoms with Crippen molar-refractivity contribution in [1.29, 1.82) is 0 Å². The van der Waals surface area contributed by atoms with Crippen molar-refractivity contribution >= 4 is 11.8 Å². The summed E-state index contributed by atoms with van der Waals surface area (Å²) in [6.07, 6.45) is 33.5. The minimum absolute atomic E-state index is 0.115. The molecule has 0 spiro atoms. The zero-order chi connectivity index (χ0) is 24.7. The number of quaternary nitrogens is 1. The van der Waals surface area contributed by atoms with Crippen LogP contribution in [0.15, 0.2) is 29.5 Å². The minimum atomic E-state index is -1.08. The molecule has 0 aromatic heterocycles. The number of nitrogens with two attached hydrogens (primary N) is 1. The molecular formula is C29H53N3O2. The van der Waals surface area contributed by atoms with Gasteiger partial charge >= 0.3 is 0 Å². The summed E-state index contributed by atoms with van der Waals surface area (Å²) in [6, 6.07) is 0. The van der Waals surface area contributed by atoms with Gasteiger partial charge in [0.15, 0.2) is 0 Å². The molecular weight excluding hydrogens is 422 g/mol. The van der Waals surface area contributed by atoms with Crippen LogP contribution in [0, 0.1) is 0 Å². The molecule has 5 heteroatoms. The van der Waals surface area contributed by atoms with E-state index in [1.54, 1.807) is 12.4 Å². The van der Waals surface area contributed by atoms with Crippen molar-refractivity contribution in [2.24, 2.45) is 10.7 Å². The van der Waals surface area contributed by atoms with Gasteiger partial charge in [0.1, 0.15) is 19.3 Å². The Labute approximate surface area is 210 Å². The van der Waals surface area contributed by atoms with Crippen LogP contribution in [0.1, 0.15) is 129 Å².